The maximum Gasteiger partial charge on any atom is 0.247 e. The van der Waals surface area contributed by atoms with E-state index in [-0.39, 0.29) is 23.4 Å². The van der Waals surface area contributed by atoms with Gasteiger partial charge in [0.25, 0.3) is 0 Å². The fraction of sp³-hybridized carbons (Fsp3) is 0.273. The van der Waals surface area contributed by atoms with E-state index in [1.165, 1.54) is 31.2 Å². The third kappa shape index (κ3) is 4.44. The molecule has 2 amide bonds. The van der Waals surface area contributed by atoms with Crippen LogP contribution in [0.4, 0.5) is 10.1 Å². The number of anilines is 1. The van der Waals surface area contributed by atoms with E-state index in [1.807, 2.05) is 0 Å². The zero-order valence-electron chi connectivity index (χ0n) is 9.24. The third-order valence-electron chi connectivity index (χ3n) is 1.99. The molecule has 0 heterocycles. The number of benzene rings is 1. The summed E-state index contributed by atoms with van der Waals surface area (Å²) in [6.07, 6.45) is 0. The summed E-state index contributed by atoms with van der Waals surface area (Å²) in [6, 6.07) is 4.65. The number of rotatable bonds is 4. The van der Waals surface area contributed by atoms with Crippen molar-refractivity contribution >= 4 is 30.1 Å². The van der Waals surface area contributed by atoms with Crippen molar-refractivity contribution in [1.82, 2.24) is 5.32 Å². The quantitative estimate of drug-likeness (QED) is 0.709. The molecule has 1 rings (SSSR count). The van der Waals surface area contributed by atoms with Crippen molar-refractivity contribution in [2.75, 3.05) is 11.1 Å². The molecule has 1 atom stereocenters. The number of hydrogen-bond donors (Lipinski definition) is 3. The molecule has 0 fully saturated rings. The highest BCUT2D eigenvalue weighted by Crippen LogP contribution is 2.08. The second kappa shape index (κ2) is 6.24. The van der Waals surface area contributed by atoms with Gasteiger partial charge in [0, 0.05) is 18.4 Å². The highest BCUT2D eigenvalue weighted by atomic mass is 32.1. The summed E-state index contributed by atoms with van der Waals surface area (Å²) < 4.78 is 12.6. The molecule has 0 aromatic heterocycles. The van der Waals surface area contributed by atoms with E-state index >= 15 is 0 Å². The molecule has 0 aliphatic carbocycles. The molecule has 17 heavy (non-hydrogen) atoms. The topological polar surface area (TPSA) is 58.2 Å². The van der Waals surface area contributed by atoms with E-state index in [1.54, 1.807) is 0 Å². The standard InChI is InChI=1S/C11H13FN2O2S/c1-7(15)13-10(6-17)11(16)14-9-4-2-8(12)3-5-9/h2-5,10,17H,6H2,1H3,(H,13,15)(H,14,16). The van der Waals surface area contributed by atoms with Gasteiger partial charge in [-0.25, -0.2) is 4.39 Å². The first-order valence-corrected chi connectivity index (χ1v) is 5.60. The van der Waals surface area contributed by atoms with Crippen molar-refractivity contribution in [2.24, 2.45) is 0 Å². The lowest BCUT2D eigenvalue weighted by Gasteiger charge is -2.15. The first kappa shape index (κ1) is 13.5. The zero-order chi connectivity index (χ0) is 12.8. The van der Waals surface area contributed by atoms with Gasteiger partial charge in [-0.1, -0.05) is 0 Å². The highest BCUT2D eigenvalue weighted by molar-refractivity contribution is 7.80. The molecule has 4 nitrogen and oxygen atoms in total. The summed E-state index contributed by atoms with van der Waals surface area (Å²) in [5.74, 6) is -0.886. The Hall–Kier alpha value is -1.56. The second-order valence-corrected chi connectivity index (χ2v) is 3.80. The van der Waals surface area contributed by atoms with E-state index in [0.717, 1.165) is 0 Å². The number of carbonyl (C=O) groups excluding carboxylic acids is 2. The molecule has 0 aliphatic rings. The Morgan fingerprint density at radius 1 is 1.35 bits per heavy atom. The van der Waals surface area contributed by atoms with Gasteiger partial charge in [0.1, 0.15) is 11.9 Å². The van der Waals surface area contributed by atoms with Crippen LogP contribution in [0, 0.1) is 5.82 Å². The van der Waals surface area contributed by atoms with Gasteiger partial charge >= 0.3 is 0 Å². The predicted molar refractivity (Wildman–Crippen MR) is 66.5 cm³/mol. The molecule has 2 N–H and O–H groups in total. The Morgan fingerprint density at radius 2 is 1.94 bits per heavy atom. The van der Waals surface area contributed by atoms with Crippen LogP contribution in [-0.4, -0.2) is 23.6 Å². The van der Waals surface area contributed by atoms with Gasteiger partial charge in [0.05, 0.1) is 0 Å². The molecule has 0 radical (unpaired) electrons. The summed E-state index contributed by atoms with van der Waals surface area (Å²) >= 11 is 3.98. The fourth-order valence-corrected chi connectivity index (χ4v) is 1.46. The number of carbonyl (C=O) groups is 2. The SMILES string of the molecule is CC(=O)NC(CS)C(=O)Nc1ccc(F)cc1. The Bertz CT molecular complexity index is 408. The lowest BCUT2D eigenvalue weighted by molar-refractivity contribution is -0.124. The van der Waals surface area contributed by atoms with Crippen LogP contribution < -0.4 is 10.6 Å². The van der Waals surface area contributed by atoms with Crippen molar-refractivity contribution in [3.8, 4) is 0 Å². The smallest absolute Gasteiger partial charge is 0.247 e. The number of thiol groups is 1. The summed E-state index contributed by atoms with van der Waals surface area (Å²) in [5.41, 5.74) is 0.466. The van der Waals surface area contributed by atoms with E-state index < -0.39 is 6.04 Å². The summed E-state index contributed by atoms with van der Waals surface area (Å²) in [5, 5.41) is 5.02. The normalized spacial score (nSPS) is 11.7. The largest absolute Gasteiger partial charge is 0.344 e. The van der Waals surface area contributed by atoms with Crippen molar-refractivity contribution in [2.45, 2.75) is 13.0 Å². The van der Waals surface area contributed by atoms with E-state index in [0.29, 0.717) is 5.69 Å². The number of hydrogen-bond acceptors (Lipinski definition) is 3. The maximum atomic E-state index is 12.6. The minimum absolute atomic E-state index is 0.187. The van der Waals surface area contributed by atoms with Gasteiger partial charge in [-0.3, -0.25) is 9.59 Å². The molecule has 0 saturated carbocycles. The molecule has 6 heteroatoms. The van der Waals surface area contributed by atoms with Gasteiger partial charge in [-0.2, -0.15) is 12.6 Å². The summed E-state index contributed by atoms with van der Waals surface area (Å²) in [4.78, 5) is 22.5. The van der Waals surface area contributed by atoms with Crippen LogP contribution in [0.25, 0.3) is 0 Å². The summed E-state index contributed by atoms with van der Waals surface area (Å²) in [6.45, 7) is 1.32. The summed E-state index contributed by atoms with van der Waals surface area (Å²) in [7, 11) is 0. The first-order chi connectivity index (χ1) is 8.02. The Morgan fingerprint density at radius 3 is 2.41 bits per heavy atom. The zero-order valence-corrected chi connectivity index (χ0v) is 10.1. The molecule has 0 spiro atoms. The molecule has 0 saturated heterocycles. The molecule has 0 bridgehead atoms. The fourth-order valence-electron chi connectivity index (χ4n) is 1.20. The van der Waals surface area contributed by atoms with E-state index in [4.69, 9.17) is 0 Å². The first-order valence-electron chi connectivity index (χ1n) is 4.97. The average Bonchev–Trinajstić information content (AvgIpc) is 2.28. The Kier molecular flexibility index (Phi) is 4.96. The number of amides is 2. The van der Waals surface area contributed by atoms with Crippen molar-refractivity contribution in [1.29, 1.82) is 0 Å². The second-order valence-electron chi connectivity index (χ2n) is 3.43. The molecule has 1 aromatic carbocycles. The van der Waals surface area contributed by atoms with Crippen LogP contribution in [0.3, 0.4) is 0 Å². The van der Waals surface area contributed by atoms with Crippen LogP contribution >= 0.6 is 12.6 Å². The van der Waals surface area contributed by atoms with Crippen LogP contribution in [0.2, 0.25) is 0 Å². The van der Waals surface area contributed by atoms with Gasteiger partial charge in [0.2, 0.25) is 11.8 Å². The minimum atomic E-state index is -0.708. The molecule has 1 unspecified atom stereocenters. The third-order valence-corrected chi connectivity index (χ3v) is 2.35. The van der Waals surface area contributed by atoms with Gasteiger partial charge in [-0.15, -0.1) is 0 Å². The lowest BCUT2D eigenvalue weighted by Crippen LogP contribution is -2.44. The Labute approximate surface area is 104 Å². The van der Waals surface area contributed by atoms with Crippen LogP contribution in [0.1, 0.15) is 6.92 Å². The van der Waals surface area contributed by atoms with Crippen LogP contribution in [-0.2, 0) is 9.59 Å². The van der Waals surface area contributed by atoms with Crippen molar-refractivity contribution in [3.05, 3.63) is 30.1 Å². The van der Waals surface area contributed by atoms with Crippen LogP contribution in [0.5, 0.6) is 0 Å². The van der Waals surface area contributed by atoms with E-state index in [9.17, 15) is 14.0 Å². The van der Waals surface area contributed by atoms with Crippen molar-refractivity contribution in [3.63, 3.8) is 0 Å². The maximum absolute atomic E-state index is 12.6. The van der Waals surface area contributed by atoms with Gasteiger partial charge < -0.3 is 10.6 Å². The van der Waals surface area contributed by atoms with Crippen molar-refractivity contribution < 1.29 is 14.0 Å². The molecular weight excluding hydrogens is 243 g/mol. The molecule has 1 aromatic rings. The van der Waals surface area contributed by atoms with Gasteiger partial charge in [0.15, 0.2) is 0 Å². The monoisotopic (exact) mass is 256 g/mol. The molecule has 0 aliphatic heterocycles. The number of halogens is 1. The highest BCUT2D eigenvalue weighted by Gasteiger charge is 2.17. The van der Waals surface area contributed by atoms with Gasteiger partial charge in [-0.05, 0) is 24.3 Å². The minimum Gasteiger partial charge on any atom is -0.344 e. The lowest BCUT2D eigenvalue weighted by atomic mass is 10.2. The molecular formula is C11H13FN2O2S. The number of nitrogens with one attached hydrogen (secondary N) is 2. The van der Waals surface area contributed by atoms with E-state index in [2.05, 4.69) is 23.3 Å². The Balaban J connectivity index is 2.63. The molecule has 92 valence electrons. The average molecular weight is 256 g/mol. The predicted octanol–water partition coefficient (Wildman–Crippen LogP) is 1.20. The van der Waals surface area contributed by atoms with Crippen LogP contribution in [0.15, 0.2) is 24.3 Å².